The fourth-order valence-corrected chi connectivity index (χ4v) is 3.56. The molecule has 172 valence electrons. The Morgan fingerprint density at radius 1 is 1.03 bits per heavy atom. The third-order valence-corrected chi connectivity index (χ3v) is 5.70. The van der Waals surface area contributed by atoms with E-state index in [0.29, 0.717) is 22.8 Å². The van der Waals surface area contributed by atoms with Gasteiger partial charge in [0.05, 0.1) is 0 Å². The van der Waals surface area contributed by atoms with E-state index < -0.39 is 6.04 Å². The molecule has 0 aromatic heterocycles. The van der Waals surface area contributed by atoms with Crippen molar-refractivity contribution in [1.82, 2.24) is 10.2 Å². The van der Waals surface area contributed by atoms with Crippen molar-refractivity contribution in [2.24, 2.45) is 0 Å². The van der Waals surface area contributed by atoms with Crippen LogP contribution in [0.15, 0.2) is 72.8 Å². The molecule has 0 bridgehead atoms. The minimum atomic E-state index is -0.773. The van der Waals surface area contributed by atoms with Gasteiger partial charge in [-0.2, -0.15) is 0 Å². The zero-order valence-corrected chi connectivity index (χ0v) is 19.3. The van der Waals surface area contributed by atoms with E-state index in [1.54, 1.807) is 30.3 Å². The largest absolute Gasteiger partial charge is 0.484 e. The average molecular weight is 469 g/mol. The number of nitrogens with one attached hydrogen (secondary N) is 1. The molecule has 0 heterocycles. The predicted octanol–water partition coefficient (Wildman–Crippen LogP) is 4.55. The van der Waals surface area contributed by atoms with Crippen molar-refractivity contribution in [1.29, 1.82) is 0 Å². The molecule has 7 heteroatoms. The number of benzene rings is 3. The summed E-state index contributed by atoms with van der Waals surface area (Å²) in [5.41, 5.74) is 2.45. The second-order valence-corrected chi connectivity index (χ2v) is 8.07. The number of hydrogen-bond donors (Lipinski definition) is 1. The molecule has 1 unspecified atom stereocenters. The molecular weight excluding hydrogens is 443 g/mol. The van der Waals surface area contributed by atoms with E-state index in [1.165, 1.54) is 24.1 Å². The molecule has 3 aromatic rings. The van der Waals surface area contributed by atoms with Gasteiger partial charge in [0.1, 0.15) is 17.6 Å². The number of carbonyl (C=O) groups excluding carboxylic acids is 2. The molecule has 3 rings (SSSR count). The number of likely N-dealkylation sites (N-methyl/N-ethyl adjacent to an activating group) is 1. The van der Waals surface area contributed by atoms with Crippen molar-refractivity contribution >= 4 is 23.4 Å². The fourth-order valence-electron chi connectivity index (χ4n) is 3.44. The van der Waals surface area contributed by atoms with E-state index in [4.69, 9.17) is 16.3 Å². The summed E-state index contributed by atoms with van der Waals surface area (Å²) in [5, 5.41) is 3.26. The minimum absolute atomic E-state index is 0.132. The Balaban J connectivity index is 1.86. The summed E-state index contributed by atoms with van der Waals surface area (Å²) >= 11 is 6.06. The Hall–Kier alpha value is -3.38. The fraction of sp³-hybridized carbons (Fsp3) is 0.231. The van der Waals surface area contributed by atoms with Crippen LogP contribution in [0.3, 0.4) is 0 Å². The summed E-state index contributed by atoms with van der Waals surface area (Å²) in [7, 11) is 1.54. The second-order valence-electron chi connectivity index (χ2n) is 7.67. The smallest absolute Gasteiger partial charge is 0.261 e. The highest BCUT2D eigenvalue weighted by Crippen LogP contribution is 2.21. The molecule has 3 aromatic carbocycles. The van der Waals surface area contributed by atoms with Crippen molar-refractivity contribution in [3.05, 3.63) is 100 Å². The van der Waals surface area contributed by atoms with Crippen LogP contribution in [0.25, 0.3) is 0 Å². The number of aryl methyl sites for hydroxylation is 1. The first kappa shape index (κ1) is 24.3. The first-order chi connectivity index (χ1) is 15.9. The van der Waals surface area contributed by atoms with E-state index in [1.807, 2.05) is 37.3 Å². The molecule has 0 saturated heterocycles. The third kappa shape index (κ3) is 6.80. The molecule has 2 amide bonds. The maximum absolute atomic E-state index is 13.4. The van der Waals surface area contributed by atoms with Gasteiger partial charge in [-0.15, -0.1) is 0 Å². The average Bonchev–Trinajstić information content (AvgIpc) is 2.83. The Labute approximate surface area is 198 Å². The summed E-state index contributed by atoms with van der Waals surface area (Å²) in [6.07, 6.45) is 0.327. The van der Waals surface area contributed by atoms with Gasteiger partial charge < -0.3 is 15.0 Å². The van der Waals surface area contributed by atoms with Gasteiger partial charge in [-0.1, -0.05) is 54.1 Å². The number of halogens is 2. The predicted molar refractivity (Wildman–Crippen MR) is 127 cm³/mol. The molecule has 33 heavy (non-hydrogen) atoms. The van der Waals surface area contributed by atoms with Gasteiger partial charge in [0, 0.05) is 25.0 Å². The Morgan fingerprint density at radius 3 is 2.36 bits per heavy atom. The number of amides is 2. The molecule has 0 saturated carbocycles. The van der Waals surface area contributed by atoms with E-state index in [0.717, 1.165) is 11.1 Å². The number of hydrogen-bond acceptors (Lipinski definition) is 3. The summed E-state index contributed by atoms with van der Waals surface area (Å²) in [6, 6.07) is 19.7. The molecule has 1 atom stereocenters. The van der Waals surface area contributed by atoms with Gasteiger partial charge in [-0.25, -0.2) is 4.39 Å². The summed E-state index contributed by atoms with van der Waals surface area (Å²) in [4.78, 5) is 27.6. The third-order valence-electron chi connectivity index (χ3n) is 5.28. The van der Waals surface area contributed by atoms with Gasteiger partial charge in [-0.05, 0) is 53.9 Å². The molecular formula is C26H26ClFN2O3. The first-order valence-electron chi connectivity index (χ1n) is 10.6. The summed E-state index contributed by atoms with van der Waals surface area (Å²) in [6.45, 7) is 1.72. The van der Waals surface area contributed by atoms with Crippen LogP contribution in [0.5, 0.6) is 5.75 Å². The van der Waals surface area contributed by atoms with Crippen LogP contribution in [-0.4, -0.2) is 36.4 Å². The standard InChI is InChI=1S/C26H26ClFN2O3/c1-18-14-22(12-13-23(18)27)33-17-25(31)30(16-20-8-10-21(28)11-9-20)24(26(32)29-2)15-19-6-4-3-5-7-19/h3-14,24H,15-17H2,1-2H3,(H,29,32). The SMILES string of the molecule is CNC(=O)C(Cc1ccccc1)N(Cc1ccc(F)cc1)C(=O)COc1ccc(Cl)c(C)c1. The number of rotatable bonds is 9. The first-order valence-corrected chi connectivity index (χ1v) is 10.9. The molecule has 0 radical (unpaired) electrons. The van der Waals surface area contributed by atoms with E-state index in [9.17, 15) is 14.0 Å². The van der Waals surface area contributed by atoms with Gasteiger partial charge >= 0.3 is 0 Å². The van der Waals surface area contributed by atoms with Crippen LogP contribution in [0.2, 0.25) is 5.02 Å². The van der Waals surface area contributed by atoms with E-state index >= 15 is 0 Å². The van der Waals surface area contributed by atoms with Crippen molar-refractivity contribution in [3.63, 3.8) is 0 Å². The maximum Gasteiger partial charge on any atom is 0.261 e. The Kier molecular flexibility index (Phi) is 8.44. The Bertz CT molecular complexity index is 1090. The van der Waals surface area contributed by atoms with Gasteiger partial charge in [0.2, 0.25) is 5.91 Å². The second kappa shape index (κ2) is 11.5. The van der Waals surface area contributed by atoms with Gasteiger partial charge in [0.25, 0.3) is 5.91 Å². The van der Waals surface area contributed by atoms with Crippen molar-refractivity contribution in [2.75, 3.05) is 13.7 Å². The van der Waals surface area contributed by atoms with Crippen LogP contribution >= 0.6 is 11.6 Å². The molecule has 0 fully saturated rings. The lowest BCUT2D eigenvalue weighted by atomic mass is 10.0. The highest BCUT2D eigenvalue weighted by Gasteiger charge is 2.30. The zero-order valence-electron chi connectivity index (χ0n) is 18.6. The van der Waals surface area contributed by atoms with E-state index in [-0.39, 0.29) is 30.8 Å². The lowest BCUT2D eigenvalue weighted by Gasteiger charge is -2.31. The quantitative estimate of drug-likeness (QED) is 0.501. The lowest BCUT2D eigenvalue weighted by molar-refractivity contribution is -0.142. The zero-order chi connectivity index (χ0) is 23.8. The summed E-state index contributed by atoms with van der Waals surface area (Å²) < 4.78 is 19.1. The van der Waals surface area contributed by atoms with Crippen LogP contribution in [0.4, 0.5) is 4.39 Å². The molecule has 0 aliphatic heterocycles. The topological polar surface area (TPSA) is 58.6 Å². The number of carbonyl (C=O) groups is 2. The lowest BCUT2D eigenvalue weighted by Crippen LogP contribution is -2.51. The van der Waals surface area contributed by atoms with Gasteiger partial charge in [-0.3, -0.25) is 9.59 Å². The summed E-state index contributed by atoms with van der Waals surface area (Å²) in [5.74, 6) is -0.523. The molecule has 0 aliphatic rings. The van der Waals surface area contributed by atoms with Crippen molar-refractivity contribution < 1.29 is 18.7 Å². The number of ether oxygens (including phenoxy) is 1. The van der Waals surface area contributed by atoms with Crippen LogP contribution in [-0.2, 0) is 22.6 Å². The normalized spacial score (nSPS) is 11.5. The van der Waals surface area contributed by atoms with E-state index in [2.05, 4.69) is 5.32 Å². The molecule has 1 N–H and O–H groups in total. The minimum Gasteiger partial charge on any atom is -0.484 e. The molecule has 0 spiro atoms. The maximum atomic E-state index is 13.4. The highest BCUT2D eigenvalue weighted by molar-refractivity contribution is 6.31. The van der Waals surface area contributed by atoms with Crippen LogP contribution in [0, 0.1) is 12.7 Å². The van der Waals surface area contributed by atoms with Crippen LogP contribution < -0.4 is 10.1 Å². The monoisotopic (exact) mass is 468 g/mol. The van der Waals surface area contributed by atoms with Crippen molar-refractivity contribution in [2.45, 2.75) is 25.9 Å². The number of nitrogens with zero attached hydrogens (tertiary/aromatic N) is 1. The Morgan fingerprint density at radius 2 is 1.73 bits per heavy atom. The van der Waals surface area contributed by atoms with Crippen molar-refractivity contribution in [3.8, 4) is 5.75 Å². The highest BCUT2D eigenvalue weighted by atomic mass is 35.5. The molecule has 5 nitrogen and oxygen atoms in total. The van der Waals surface area contributed by atoms with Gasteiger partial charge in [0.15, 0.2) is 6.61 Å². The van der Waals surface area contributed by atoms with Crippen LogP contribution in [0.1, 0.15) is 16.7 Å². The molecule has 0 aliphatic carbocycles.